The number of carbonyl (C=O) groups excluding carboxylic acids is 1. The first kappa shape index (κ1) is 18.2. The van der Waals surface area contributed by atoms with Crippen LogP contribution < -0.4 is 20.5 Å². The highest BCUT2D eigenvalue weighted by molar-refractivity contribution is 5.83. The Kier molecular flexibility index (Phi) is 5.13. The van der Waals surface area contributed by atoms with Crippen molar-refractivity contribution in [3.05, 3.63) is 47.5 Å². The van der Waals surface area contributed by atoms with Crippen molar-refractivity contribution < 1.29 is 14.3 Å². The number of amides is 1. The van der Waals surface area contributed by atoms with Crippen molar-refractivity contribution in [2.45, 2.75) is 44.6 Å². The molecule has 1 atom stereocenters. The summed E-state index contributed by atoms with van der Waals surface area (Å²) in [6, 6.07) is 5.31. The van der Waals surface area contributed by atoms with Crippen LogP contribution in [0.5, 0.6) is 11.5 Å². The zero-order chi connectivity index (χ0) is 18.7. The fourth-order valence-electron chi connectivity index (χ4n) is 3.01. The number of ether oxygens (including phenoxy) is 2. The molecule has 6 heteroatoms. The van der Waals surface area contributed by atoms with Gasteiger partial charge >= 0.3 is 0 Å². The SMILES string of the molecule is C=N/C(=C\C=C(/C)Oc1cccc2c1C1(CC1)CO2)NC(=O)[C@H](N)CC. The highest BCUT2D eigenvalue weighted by Gasteiger charge is 2.52. The zero-order valence-electron chi connectivity index (χ0n) is 15.2. The molecule has 0 bridgehead atoms. The Hall–Kier alpha value is -2.60. The lowest BCUT2D eigenvalue weighted by Crippen LogP contribution is -2.39. The van der Waals surface area contributed by atoms with E-state index in [4.69, 9.17) is 15.2 Å². The number of benzene rings is 1. The molecular formula is C20H25N3O3. The van der Waals surface area contributed by atoms with Crippen LogP contribution in [0.1, 0.15) is 38.7 Å². The minimum atomic E-state index is -0.567. The molecule has 138 valence electrons. The van der Waals surface area contributed by atoms with Gasteiger partial charge in [0.2, 0.25) is 5.91 Å². The number of allylic oxidation sites excluding steroid dienone is 3. The second kappa shape index (κ2) is 7.33. The van der Waals surface area contributed by atoms with E-state index >= 15 is 0 Å². The molecule has 0 radical (unpaired) electrons. The van der Waals surface area contributed by atoms with Crippen molar-refractivity contribution in [3.63, 3.8) is 0 Å². The molecule has 1 spiro atoms. The van der Waals surface area contributed by atoms with Crippen LogP contribution in [-0.2, 0) is 10.2 Å². The Morgan fingerprint density at radius 2 is 2.27 bits per heavy atom. The predicted molar refractivity (Wildman–Crippen MR) is 101 cm³/mol. The van der Waals surface area contributed by atoms with Crippen LogP contribution in [-0.4, -0.2) is 25.3 Å². The number of nitrogens with two attached hydrogens (primary N) is 1. The largest absolute Gasteiger partial charge is 0.492 e. The van der Waals surface area contributed by atoms with Crippen molar-refractivity contribution >= 4 is 12.6 Å². The van der Waals surface area contributed by atoms with E-state index < -0.39 is 6.04 Å². The molecule has 3 N–H and O–H groups in total. The van der Waals surface area contributed by atoms with Crippen LogP contribution in [0.25, 0.3) is 0 Å². The van der Waals surface area contributed by atoms with Gasteiger partial charge in [-0.1, -0.05) is 13.0 Å². The van der Waals surface area contributed by atoms with Gasteiger partial charge in [0.05, 0.1) is 12.6 Å². The van der Waals surface area contributed by atoms with Gasteiger partial charge in [-0.05, 0) is 57.2 Å². The number of nitrogens with one attached hydrogen (secondary N) is 1. The summed E-state index contributed by atoms with van der Waals surface area (Å²) < 4.78 is 11.8. The summed E-state index contributed by atoms with van der Waals surface area (Å²) in [5, 5.41) is 2.65. The van der Waals surface area contributed by atoms with E-state index in [0.717, 1.165) is 30.9 Å². The third kappa shape index (κ3) is 3.65. The maximum absolute atomic E-state index is 11.9. The van der Waals surface area contributed by atoms with E-state index in [9.17, 15) is 4.79 Å². The number of aliphatic imine (C=N–C) groups is 1. The number of hydrogen-bond acceptors (Lipinski definition) is 5. The van der Waals surface area contributed by atoms with Gasteiger partial charge < -0.3 is 20.5 Å². The number of hydrogen-bond donors (Lipinski definition) is 2. The molecule has 0 aromatic heterocycles. The highest BCUT2D eigenvalue weighted by atomic mass is 16.5. The van der Waals surface area contributed by atoms with E-state index in [1.807, 2.05) is 32.0 Å². The zero-order valence-corrected chi connectivity index (χ0v) is 15.2. The monoisotopic (exact) mass is 355 g/mol. The van der Waals surface area contributed by atoms with Gasteiger partial charge in [-0.25, -0.2) is 4.99 Å². The molecular weight excluding hydrogens is 330 g/mol. The first-order valence-corrected chi connectivity index (χ1v) is 8.85. The summed E-state index contributed by atoms with van der Waals surface area (Å²) in [4.78, 5) is 15.7. The van der Waals surface area contributed by atoms with Crippen molar-refractivity contribution in [2.75, 3.05) is 6.61 Å². The van der Waals surface area contributed by atoms with Gasteiger partial charge in [-0.3, -0.25) is 4.79 Å². The minimum Gasteiger partial charge on any atom is -0.492 e. The van der Waals surface area contributed by atoms with E-state index in [1.54, 1.807) is 12.2 Å². The molecule has 3 rings (SSSR count). The Morgan fingerprint density at radius 3 is 2.92 bits per heavy atom. The van der Waals surface area contributed by atoms with Crippen molar-refractivity contribution in [1.29, 1.82) is 0 Å². The third-order valence-corrected chi connectivity index (χ3v) is 4.82. The van der Waals surface area contributed by atoms with Crippen molar-refractivity contribution in [3.8, 4) is 11.5 Å². The lowest BCUT2D eigenvalue weighted by Gasteiger charge is -2.13. The molecule has 1 heterocycles. The van der Waals surface area contributed by atoms with Gasteiger partial charge in [0.25, 0.3) is 0 Å². The normalized spacial score (nSPS) is 18.7. The summed E-state index contributed by atoms with van der Waals surface area (Å²) in [5.41, 5.74) is 7.01. The van der Waals surface area contributed by atoms with Crippen LogP contribution in [0.3, 0.4) is 0 Å². The first-order chi connectivity index (χ1) is 12.5. The summed E-state index contributed by atoms with van der Waals surface area (Å²) >= 11 is 0. The molecule has 1 aliphatic heterocycles. The Balaban J connectivity index is 1.72. The molecule has 1 fully saturated rings. The number of nitrogens with zero attached hydrogens (tertiary/aromatic N) is 1. The fraction of sp³-hybridized carbons (Fsp3) is 0.400. The average molecular weight is 355 g/mol. The minimum absolute atomic E-state index is 0.139. The molecule has 0 unspecified atom stereocenters. The third-order valence-electron chi connectivity index (χ3n) is 4.82. The van der Waals surface area contributed by atoms with E-state index in [2.05, 4.69) is 17.0 Å². The molecule has 1 aromatic rings. The standard InChI is InChI=1S/C20H25N3O3/c1-4-14(21)19(24)23-17(22-3)9-8-13(2)26-16-7-5-6-15-18(16)20(10-11-20)12-25-15/h5-9,14H,3-4,10-12,21H2,1-2H3,(H,23,24)/b13-8+,17-9+/t14-/m1/s1. The topological polar surface area (TPSA) is 85.9 Å². The number of fused-ring (bicyclic) bond motifs is 2. The van der Waals surface area contributed by atoms with Crippen LogP contribution >= 0.6 is 0 Å². The van der Waals surface area contributed by atoms with Crippen molar-refractivity contribution in [2.24, 2.45) is 10.7 Å². The van der Waals surface area contributed by atoms with Gasteiger partial charge in [0, 0.05) is 11.0 Å². The van der Waals surface area contributed by atoms with E-state index in [0.29, 0.717) is 18.0 Å². The lowest BCUT2D eigenvalue weighted by molar-refractivity contribution is -0.121. The number of rotatable bonds is 7. The van der Waals surface area contributed by atoms with Crippen LogP contribution in [0, 0.1) is 0 Å². The Morgan fingerprint density at radius 1 is 1.50 bits per heavy atom. The molecule has 1 aliphatic carbocycles. The van der Waals surface area contributed by atoms with E-state index in [-0.39, 0.29) is 11.3 Å². The molecule has 2 aliphatic rings. The van der Waals surface area contributed by atoms with Gasteiger partial charge in [0.15, 0.2) is 0 Å². The second-order valence-corrected chi connectivity index (χ2v) is 6.79. The summed E-state index contributed by atoms with van der Waals surface area (Å²) in [5.74, 6) is 2.47. The highest BCUT2D eigenvalue weighted by Crippen LogP contribution is 2.58. The maximum Gasteiger partial charge on any atom is 0.242 e. The number of carbonyl (C=O) groups is 1. The van der Waals surface area contributed by atoms with Gasteiger partial charge in [0.1, 0.15) is 23.1 Å². The molecule has 1 aromatic carbocycles. The lowest BCUT2D eigenvalue weighted by atomic mass is 9.97. The first-order valence-electron chi connectivity index (χ1n) is 8.85. The Bertz CT molecular complexity index is 779. The average Bonchev–Trinajstić information content (AvgIpc) is 3.33. The molecule has 6 nitrogen and oxygen atoms in total. The molecule has 0 saturated heterocycles. The quantitative estimate of drug-likeness (QED) is 0.447. The van der Waals surface area contributed by atoms with Gasteiger partial charge in [-0.2, -0.15) is 0 Å². The summed E-state index contributed by atoms with van der Waals surface area (Å²) in [6.45, 7) is 7.91. The predicted octanol–water partition coefficient (Wildman–Crippen LogP) is 2.79. The van der Waals surface area contributed by atoms with Crippen molar-refractivity contribution in [1.82, 2.24) is 5.32 Å². The maximum atomic E-state index is 11.9. The Labute approximate surface area is 153 Å². The molecule has 1 amide bonds. The molecule has 26 heavy (non-hydrogen) atoms. The van der Waals surface area contributed by atoms with E-state index in [1.165, 1.54) is 5.56 Å². The molecule has 1 saturated carbocycles. The fourth-order valence-corrected chi connectivity index (χ4v) is 3.01. The summed E-state index contributed by atoms with van der Waals surface area (Å²) in [7, 11) is 0. The smallest absolute Gasteiger partial charge is 0.242 e. The van der Waals surface area contributed by atoms with Crippen LogP contribution in [0.15, 0.2) is 46.9 Å². The van der Waals surface area contributed by atoms with Gasteiger partial charge in [-0.15, -0.1) is 0 Å². The summed E-state index contributed by atoms with van der Waals surface area (Å²) in [6.07, 6.45) is 6.22. The van der Waals surface area contributed by atoms with Crippen LogP contribution in [0.4, 0.5) is 0 Å². The second-order valence-electron chi connectivity index (χ2n) is 6.79. The van der Waals surface area contributed by atoms with Crippen LogP contribution in [0.2, 0.25) is 0 Å².